The molecule has 3 rings (SSSR count). The molecule has 1 N–H and O–H groups in total. The van der Waals surface area contributed by atoms with E-state index in [0.717, 1.165) is 28.3 Å². The second kappa shape index (κ2) is 6.95. The van der Waals surface area contributed by atoms with Crippen LogP contribution < -0.4 is 4.90 Å². The van der Waals surface area contributed by atoms with Gasteiger partial charge in [0.15, 0.2) is 5.13 Å². The van der Waals surface area contributed by atoms with Crippen molar-refractivity contribution in [1.29, 1.82) is 0 Å². The maximum absolute atomic E-state index is 12.7. The van der Waals surface area contributed by atoms with Gasteiger partial charge < -0.3 is 5.11 Å². The number of hydrogen-bond donors (Lipinski definition) is 1. The number of benzene rings is 1. The molecule has 2 aromatic rings. The fourth-order valence-corrected chi connectivity index (χ4v) is 3.98. The molecular weight excluding hydrogens is 310 g/mol. The van der Waals surface area contributed by atoms with E-state index in [1.165, 1.54) is 0 Å². The van der Waals surface area contributed by atoms with Gasteiger partial charge in [-0.2, -0.15) is 0 Å². The van der Waals surface area contributed by atoms with E-state index in [2.05, 4.69) is 11.9 Å². The van der Waals surface area contributed by atoms with Crippen molar-refractivity contribution in [3.05, 3.63) is 24.3 Å². The molecule has 0 saturated carbocycles. The Balaban J connectivity index is 1.71. The van der Waals surface area contributed by atoms with E-state index < -0.39 is 0 Å². The maximum atomic E-state index is 12.7. The molecule has 1 fully saturated rings. The summed E-state index contributed by atoms with van der Waals surface area (Å²) in [5.74, 6) is 0.362. The lowest BCUT2D eigenvalue weighted by molar-refractivity contribution is -0.120. The van der Waals surface area contributed by atoms with Crippen LogP contribution in [0.5, 0.6) is 0 Å². The third-order valence-electron chi connectivity index (χ3n) is 4.49. The molecule has 2 unspecified atom stereocenters. The molecular formula is C17H23N3O2S. The normalized spacial score (nSPS) is 22.4. The van der Waals surface area contributed by atoms with Crippen LogP contribution in [0.3, 0.4) is 0 Å². The quantitative estimate of drug-likeness (QED) is 0.933. The Morgan fingerprint density at radius 1 is 1.48 bits per heavy atom. The second-order valence-corrected chi connectivity index (χ2v) is 7.18. The number of aliphatic hydroxyl groups is 1. The maximum Gasteiger partial charge on any atom is 0.242 e. The van der Waals surface area contributed by atoms with Gasteiger partial charge in [-0.15, -0.1) is 0 Å². The van der Waals surface area contributed by atoms with Crippen LogP contribution in [0.25, 0.3) is 10.2 Å². The van der Waals surface area contributed by atoms with Crippen molar-refractivity contribution >= 4 is 32.6 Å². The van der Waals surface area contributed by atoms with Crippen LogP contribution in [0.1, 0.15) is 20.3 Å². The minimum Gasteiger partial charge on any atom is -0.392 e. The standard InChI is InChI=1S/C17H23N3O2S/c1-3-20(17-18-13-6-4-5-7-15(13)23-17)16(22)11-19-9-8-12(2)14(21)10-19/h4-7,12,14,21H,3,8-11H2,1-2H3. The predicted octanol–water partition coefficient (Wildman–Crippen LogP) is 2.35. The minimum absolute atomic E-state index is 0.0494. The molecule has 124 valence electrons. The Bertz CT molecular complexity index is 654. The molecule has 2 heterocycles. The van der Waals surface area contributed by atoms with Crippen molar-refractivity contribution in [2.75, 3.05) is 31.1 Å². The van der Waals surface area contributed by atoms with Crippen molar-refractivity contribution < 1.29 is 9.90 Å². The van der Waals surface area contributed by atoms with Crippen molar-refractivity contribution in [2.45, 2.75) is 26.4 Å². The summed E-state index contributed by atoms with van der Waals surface area (Å²) in [7, 11) is 0. The average Bonchev–Trinajstić information content (AvgIpc) is 2.95. The third-order valence-corrected chi connectivity index (χ3v) is 5.55. The van der Waals surface area contributed by atoms with E-state index in [-0.39, 0.29) is 12.0 Å². The third kappa shape index (κ3) is 3.54. The van der Waals surface area contributed by atoms with E-state index >= 15 is 0 Å². The molecule has 0 bridgehead atoms. The molecule has 6 heteroatoms. The van der Waals surface area contributed by atoms with Crippen LogP contribution >= 0.6 is 11.3 Å². The van der Waals surface area contributed by atoms with Crippen LogP contribution in [-0.4, -0.2) is 53.2 Å². The summed E-state index contributed by atoms with van der Waals surface area (Å²) in [6.07, 6.45) is 0.593. The van der Waals surface area contributed by atoms with E-state index in [9.17, 15) is 9.90 Å². The van der Waals surface area contributed by atoms with E-state index in [1.54, 1.807) is 16.2 Å². The monoisotopic (exact) mass is 333 g/mol. The van der Waals surface area contributed by atoms with Gasteiger partial charge in [0.05, 0.1) is 22.9 Å². The number of aliphatic hydroxyl groups excluding tert-OH is 1. The average molecular weight is 333 g/mol. The van der Waals surface area contributed by atoms with Crippen molar-refractivity contribution in [3.63, 3.8) is 0 Å². The van der Waals surface area contributed by atoms with Gasteiger partial charge in [0.2, 0.25) is 5.91 Å². The number of nitrogens with zero attached hydrogens (tertiary/aromatic N) is 3. The summed E-state index contributed by atoms with van der Waals surface area (Å²) in [5, 5.41) is 10.7. The van der Waals surface area contributed by atoms with E-state index in [1.807, 2.05) is 36.1 Å². The first kappa shape index (κ1) is 16.4. The molecule has 1 aliphatic heterocycles. The van der Waals surface area contributed by atoms with Gasteiger partial charge in [-0.25, -0.2) is 4.98 Å². The van der Waals surface area contributed by atoms with Crippen LogP contribution in [0.4, 0.5) is 5.13 Å². The molecule has 5 nitrogen and oxygen atoms in total. The first-order chi connectivity index (χ1) is 11.1. The number of thiazole rings is 1. The van der Waals surface area contributed by atoms with Crippen LogP contribution in [0.15, 0.2) is 24.3 Å². The number of likely N-dealkylation sites (tertiary alicyclic amines) is 1. The smallest absolute Gasteiger partial charge is 0.242 e. The van der Waals surface area contributed by atoms with Gasteiger partial charge in [0.25, 0.3) is 0 Å². The molecule has 23 heavy (non-hydrogen) atoms. The highest BCUT2D eigenvalue weighted by molar-refractivity contribution is 7.22. The number of aromatic nitrogens is 1. The number of piperidine rings is 1. The number of fused-ring (bicyclic) bond motifs is 1. The Labute approximate surface area is 140 Å². The summed E-state index contributed by atoms with van der Waals surface area (Å²) in [5.41, 5.74) is 0.931. The van der Waals surface area contributed by atoms with Gasteiger partial charge in [-0.3, -0.25) is 14.6 Å². The fraction of sp³-hybridized carbons (Fsp3) is 0.529. The highest BCUT2D eigenvalue weighted by Crippen LogP contribution is 2.28. The Kier molecular flexibility index (Phi) is 4.94. The summed E-state index contributed by atoms with van der Waals surface area (Å²) in [6, 6.07) is 7.94. The Morgan fingerprint density at radius 2 is 2.26 bits per heavy atom. The topological polar surface area (TPSA) is 56.7 Å². The molecule has 0 radical (unpaired) electrons. The van der Waals surface area contributed by atoms with Crippen LogP contribution in [-0.2, 0) is 4.79 Å². The number of carbonyl (C=O) groups excluding carboxylic acids is 1. The molecule has 1 amide bonds. The number of carbonyl (C=O) groups is 1. The molecule has 0 aliphatic carbocycles. The molecule has 2 atom stereocenters. The van der Waals surface area contributed by atoms with Crippen molar-refractivity contribution in [2.24, 2.45) is 5.92 Å². The SMILES string of the molecule is CCN(C(=O)CN1CCC(C)C(O)C1)c1nc2ccccc2s1. The summed E-state index contributed by atoms with van der Waals surface area (Å²) in [6.45, 7) is 6.41. The number of likely N-dealkylation sites (N-methyl/N-ethyl adjacent to an activating group) is 1. The highest BCUT2D eigenvalue weighted by Gasteiger charge is 2.27. The number of amides is 1. The van der Waals surface area contributed by atoms with Gasteiger partial charge >= 0.3 is 0 Å². The first-order valence-corrected chi connectivity index (χ1v) is 8.96. The van der Waals surface area contributed by atoms with Crippen molar-refractivity contribution in [3.8, 4) is 0 Å². The number of rotatable bonds is 4. The summed E-state index contributed by atoms with van der Waals surface area (Å²) in [4.78, 5) is 21.0. The van der Waals surface area contributed by atoms with Gasteiger partial charge in [-0.05, 0) is 37.9 Å². The minimum atomic E-state index is -0.339. The Morgan fingerprint density at radius 3 is 2.96 bits per heavy atom. The first-order valence-electron chi connectivity index (χ1n) is 8.15. The zero-order valence-corrected chi connectivity index (χ0v) is 14.4. The van der Waals surface area contributed by atoms with Crippen LogP contribution in [0.2, 0.25) is 0 Å². The van der Waals surface area contributed by atoms with Gasteiger partial charge in [0, 0.05) is 13.1 Å². The molecule has 0 spiro atoms. The lowest BCUT2D eigenvalue weighted by Gasteiger charge is -2.34. The molecule has 1 saturated heterocycles. The largest absolute Gasteiger partial charge is 0.392 e. The zero-order chi connectivity index (χ0) is 16.4. The van der Waals surface area contributed by atoms with Crippen molar-refractivity contribution in [1.82, 2.24) is 9.88 Å². The van der Waals surface area contributed by atoms with Gasteiger partial charge in [-0.1, -0.05) is 30.4 Å². The lowest BCUT2D eigenvalue weighted by Crippen LogP contribution is -2.48. The summed E-state index contributed by atoms with van der Waals surface area (Å²) >= 11 is 1.55. The fourth-order valence-electron chi connectivity index (χ4n) is 2.93. The van der Waals surface area contributed by atoms with Crippen LogP contribution in [0, 0.1) is 5.92 Å². The van der Waals surface area contributed by atoms with Gasteiger partial charge in [0.1, 0.15) is 0 Å². The predicted molar refractivity (Wildman–Crippen MR) is 93.9 cm³/mol. The number of hydrogen-bond acceptors (Lipinski definition) is 5. The summed E-state index contributed by atoms with van der Waals surface area (Å²) < 4.78 is 1.09. The molecule has 1 aromatic heterocycles. The lowest BCUT2D eigenvalue weighted by atomic mass is 9.96. The number of anilines is 1. The molecule has 1 aliphatic rings. The Hall–Kier alpha value is -1.50. The van der Waals surface area contributed by atoms with E-state index in [0.29, 0.717) is 25.6 Å². The number of β-amino-alcohol motifs (C(OH)–C–C–N with tert-alkyl or cyclic N) is 1. The van der Waals surface area contributed by atoms with E-state index in [4.69, 9.17) is 0 Å². The zero-order valence-electron chi connectivity index (χ0n) is 13.6. The number of para-hydroxylation sites is 1. The second-order valence-electron chi connectivity index (χ2n) is 6.17. The highest BCUT2D eigenvalue weighted by atomic mass is 32.1. The molecule has 1 aromatic carbocycles.